The van der Waals surface area contributed by atoms with Gasteiger partial charge in [-0.15, -0.1) is 0 Å². The maximum atomic E-state index is 12.8. The fourth-order valence-corrected chi connectivity index (χ4v) is 2.52. The van der Waals surface area contributed by atoms with Crippen molar-refractivity contribution in [2.45, 2.75) is 11.4 Å². The van der Waals surface area contributed by atoms with E-state index >= 15 is 0 Å². The summed E-state index contributed by atoms with van der Waals surface area (Å²) >= 11 is 0. The number of hydrogen-bond donors (Lipinski definition) is 2. The molecule has 2 N–H and O–H groups in total. The fraction of sp³-hybridized carbons (Fsp3) is 0.133. The van der Waals surface area contributed by atoms with Crippen molar-refractivity contribution < 1.29 is 17.6 Å². The van der Waals surface area contributed by atoms with Crippen LogP contribution < -0.4 is 10.0 Å². The maximum absolute atomic E-state index is 12.8. The molecule has 2 rings (SSSR count). The summed E-state index contributed by atoms with van der Waals surface area (Å²) < 4.78 is 38.1. The summed E-state index contributed by atoms with van der Waals surface area (Å²) in [6.45, 7) is 0.260. The number of hydrogen-bond acceptors (Lipinski definition) is 3. The summed E-state index contributed by atoms with van der Waals surface area (Å²) in [6.07, 6.45) is 0. The second-order valence-electron chi connectivity index (χ2n) is 4.54. The van der Waals surface area contributed by atoms with Crippen LogP contribution in [0.25, 0.3) is 0 Å². The highest BCUT2D eigenvalue weighted by Crippen LogP contribution is 2.10. The van der Waals surface area contributed by atoms with Gasteiger partial charge in [0.2, 0.25) is 10.0 Å². The highest BCUT2D eigenvalue weighted by Gasteiger charge is 2.12. The number of halogens is 1. The standard InChI is InChI=1S/C15H15FN2O3S/c1-17-22(20,21)14-8-4-12(5-9-14)15(19)18-10-11-2-6-13(16)7-3-11/h2-9,17H,10H2,1H3,(H,18,19). The van der Waals surface area contributed by atoms with Crippen LogP contribution in [0.2, 0.25) is 0 Å². The van der Waals surface area contributed by atoms with Crippen LogP contribution in [0, 0.1) is 5.82 Å². The molecule has 2 aromatic carbocycles. The van der Waals surface area contributed by atoms with Crippen molar-refractivity contribution in [2.75, 3.05) is 7.05 Å². The van der Waals surface area contributed by atoms with Crippen LogP contribution in [0.1, 0.15) is 15.9 Å². The molecule has 0 saturated carbocycles. The van der Waals surface area contributed by atoms with E-state index in [0.717, 1.165) is 5.56 Å². The SMILES string of the molecule is CNS(=O)(=O)c1ccc(C(=O)NCc2ccc(F)cc2)cc1. The van der Waals surface area contributed by atoms with E-state index in [1.807, 2.05) is 0 Å². The van der Waals surface area contributed by atoms with Crippen molar-refractivity contribution in [1.82, 2.24) is 10.0 Å². The molecule has 7 heteroatoms. The quantitative estimate of drug-likeness (QED) is 0.879. The zero-order valence-corrected chi connectivity index (χ0v) is 12.7. The summed E-state index contributed by atoms with van der Waals surface area (Å²) in [5.74, 6) is -0.672. The molecule has 22 heavy (non-hydrogen) atoms. The Labute approximate surface area is 128 Å². The molecule has 0 aliphatic heterocycles. The van der Waals surface area contributed by atoms with Gasteiger partial charge in [-0.1, -0.05) is 12.1 Å². The summed E-state index contributed by atoms with van der Waals surface area (Å²) in [4.78, 5) is 12.1. The minimum atomic E-state index is -3.52. The number of benzene rings is 2. The molecule has 2 aromatic rings. The number of carbonyl (C=O) groups excluding carboxylic acids is 1. The Kier molecular flexibility index (Phi) is 4.89. The molecule has 5 nitrogen and oxygen atoms in total. The second kappa shape index (κ2) is 6.67. The van der Waals surface area contributed by atoms with Crippen molar-refractivity contribution in [2.24, 2.45) is 0 Å². The molecule has 0 aromatic heterocycles. The van der Waals surface area contributed by atoms with E-state index in [0.29, 0.717) is 5.56 Å². The van der Waals surface area contributed by atoms with Crippen LogP contribution >= 0.6 is 0 Å². The van der Waals surface area contributed by atoms with Gasteiger partial charge in [-0.25, -0.2) is 17.5 Å². The largest absolute Gasteiger partial charge is 0.348 e. The minimum absolute atomic E-state index is 0.0880. The second-order valence-corrected chi connectivity index (χ2v) is 6.43. The van der Waals surface area contributed by atoms with Crippen LogP contribution in [0.5, 0.6) is 0 Å². The zero-order valence-electron chi connectivity index (χ0n) is 11.8. The van der Waals surface area contributed by atoms with Crippen LogP contribution in [0.3, 0.4) is 0 Å². The summed E-state index contributed by atoms with van der Waals surface area (Å²) in [5.41, 5.74) is 1.11. The first-order valence-corrected chi connectivity index (χ1v) is 7.97. The van der Waals surface area contributed by atoms with Gasteiger partial charge in [0.15, 0.2) is 0 Å². The number of nitrogens with one attached hydrogen (secondary N) is 2. The number of sulfonamides is 1. The van der Waals surface area contributed by atoms with E-state index in [1.54, 1.807) is 12.1 Å². The van der Waals surface area contributed by atoms with E-state index in [-0.39, 0.29) is 23.2 Å². The lowest BCUT2D eigenvalue weighted by Crippen LogP contribution is -2.23. The number of amides is 1. The van der Waals surface area contributed by atoms with Crippen molar-refractivity contribution in [3.8, 4) is 0 Å². The van der Waals surface area contributed by atoms with Gasteiger partial charge >= 0.3 is 0 Å². The third-order valence-electron chi connectivity index (χ3n) is 3.06. The summed E-state index contributed by atoms with van der Waals surface area (Å²) in [5, 5.41) is 2.68. The van der Waals surface area contributed by atoms with Gasteiger partial charge < -0.3 is 5.32 Å². The molecule has 0 spiro atoms. The molecular formula is C15H15FN2O3S. The first-order valence-electron chi connectivity index (χ1n) is 6.48. The van der Waals surface area contributed by atoms with Gasteiger partial charge in [-0.3, -0.25) is 4.79 Å². The lowest BCUT2D eigenvalue weighted by atomic mass is 10.2. The molecule has 0 bridgehead atoms. The molecule has 116 valence electrons. The van der Waals surface area contributed by atoms with E-state index < -0.39 is 10.0 Å². The smallest absolute Gasteiger partial charge is 0.251 e. The Bertz CT molecular complexity index is 756. The molecule has 0 atom stereocenters. The lowest BCUT2D eigenvalue weighted by molar-refractivity contribution is 0.0951. The fourth-order valence-electron chi connectivity index (χ4n) is 1.79. The number of carbonyl (C=O) groups is 1. The summed E-state index contributed by atoms with van der Waals surface area (Å²) in [7, 11) is -2.20. The Morgan fingerprint density at radius 3 is 2.18 bits per heavy atom. The zero-order chi connectivity index (χ0) is 16.2. The molecule has 0 fully saturated rings. The van der Waals surface area contributed by atoms with Crippen LogP contribution in [0.4, 0.5) is 4.39 Å². The molecule has 0 heterocycles. The van der Waals surface area contributed by atoms with E-state index in [4.69, 9.17) is 0 Å². The predicted molar refractivity (Wildman–Crippen MR) is 80.3 cm³/mol. The normalized spacial score (nSPS) is 11.2. The van der Waals surface area contributed by atoms with Gasteiger partial charge in [0, 0.05) is 12.1 Å². The van der Waals surface area contributed by atoms with E-state index in [9.17, 15) is 17.6 Å². The Morgan fingerprint density at radius 1 is 1.05 bits per heavy atom. The Hall–Kier alpha value is -2.25. The highest BCUT2D eigenvalue weighted by atomic mass is 32.2. The monoisotopic (exact) mass is 322 g/mol. The first-order chi connectivity index (χ1) is 10.4. The van der Waals surface area contributed by atoms with Gasteiger partial charge in [0.25, 0.3) is 5.91 Å². The lowest BCUT2D eigenvalue weighted by Gasteiger charge is -2.07. The van der Waals surface area contributed by atoms with E-state index in [2.05, 4.69) is 10.0 Å². The average molecular weight is 322 g/mol. The highest BCUT2D eigenvalue weighted by molar-refractivity contribution is 7.89. The first kappa shape index (κ1) is 16.1. The van der Waals surface area contributed by atoms with Gasteiger partial charge in [0.1, 0.15) is 5.82 Å². The predicted octanol–water partition coefficient (Wildman–Crippen LogP) is 1.66. The maximum Gasteiger partial charge on any atom is 0.251 e. The molecule has 0 aliphatic rings. The van der Waals surface area contributed by atoms with Crippen LogP contribution in [-0.2, 0) is 16.6 Å². The Balaban J connectivity index is 2.02. The molecule has 0 radical (unpaired) electrons. The summed E-state index contributed by atoms with van der Waals surface area (Å²) in [6, 6.07) is 11.4. The van der Waals surface area contributed by atoms with Crippen molar-refractivity contribution in [1.29, 1.82) is 0 Å². The molecule has 0 unspecified atom stereocenters. The van der Waals surface area contributed by atoms with Crippen molar-refractivity contribution >= 4 is 15.9 Å². The van der Waals surface area contributed by atoms with Crippen molar-refractivity contribution in [3.63, 3.8) is 0 Å². The number of rotatable bonds is 5. The van der Waals surface area contributed by atoms with E-state index in [1.165, 1.54) is 43.4 Å². The third-order valence-corrected chi connectivity index (χ3v) is 4.49. The topological polar surface area (TPSA) is 75.3 Å². The molecular weight excluding hydrogens is 307 g/mol. The minimum Gasteiger partial charge on any atom is -0.348 e. The van der Waals surface area contributed by atoms with Gasteiger partial charge in [0.05, 0.1) is 4.90 Å². The third kappa shape index (κ3) is 3.90. The molecule has 0 aliphatic carbocycles. The van der Waals surface area contributed by atoms with Gasteiger partial charge in [-0.05, 0) is 49.0 Å². The average Bonchev–Trinajstić information content (AvgIpc) is 2.54. The van der Waals surface area contributed by atoms with Crippen LogP contribution in [-0.4, -0.2) is 21.4 Å². The molecule has 1 amide bonds. The molecule has 0 saturated heterocycles. The van der Waals surface area contributed by atoms with Gasteiger partial charge in [-0.2, -0.15) is 0 Å². The Morgan fingerprint density at radius 2 is 1.64 bits per heavy atom. The van der Waals surface area contributed by atoms with Crippen LogP contribution in [0.15, 0.2) is 53.4 Å². The van der Waals surface area contributed by atoms with Crippen molar-refractivity contribution in [3.05, 3.63) is 65.5 Å².